The van der Waals surface area contributed by atoms with Crippen LogP contribution in [0.15, 0.2) is 0 Å². The molecule has 0 aliphatic carbocycles. The van der Waals surface area contributed by atoms with Gasteiger partial charge >= 0.3 is 0 Å². The van der Waals surface area contributed by atoms with Crippen molar-refractivity contribution in [1.29, 1.82) is 0 Å². The third kappa shape index (κ3) is 2.46. The van der Waals surface area contributed by atoms with Crippen LogP contribution in [0.5, 0.6) is 0 Å². The molecule has 2 heteroatoms. The number of nitrogens with one attached hydrogen (secondary N) is 1. The number of likely N-dealkylation sites (N-methyl/N-ethyl adjacent to an activating group) is 1. The molecule has 1 fully saturated rings. The lowest BCUT2D eigenvalue weighted by atomic mass is 9.97. The van der Waals surface area contributed by atoms with Gasteiger partial charge in [-0.15, -0.1) is 0 Å². The molecule has 1 heterocycles. The maximum absolute atomic E-state index is 3.59. The highest BCUT2D eigenvalue weighted by Gasteiger charge is 2.21. The Morgan fingerprint density at radius 2 is 2.25 bits per heavy atom. The maximum atomic E-state index is 3.59. The Morgan fingerprint density at radius 3 is 2.83 bits per heavy atom. The van der Waals surface area contributed by atoms with Crippen LogP contribution in [-0.2, 0) is 0 Å². The van der Waals surface area contributed by atoms with Crippen LogP contribution < -0.4 is 5.32 Å². The van der Waals surface area contributed by atoms with Crippen LogP contribution in [0.25, 0.3) is 0 Å². The number of nitrogens with zero attached hydrogens (tertiary/aromatic N) is 1. The molecule has 0 aromatic carbocycles. The zero-order valence-corrected chi connectivity index (χ0v) is 8.64. The van der Waals surface area contributed by atoms with Gasteiger partial charge in [0.05, 0.1) is 0 Å². The van der Waals surface area contributed by atoms with Crippen LogP contribution in [0.4, 0.5) is 0 Å². The largest absolute Gasteiger partial charge is 0.311 e. The van der Waals surface area contributed by atoms with E-state index in [2.05, 4.69) is 31.0 Å². The van der Waals surface area contributed by atoms with E-state index < -0.39 is 0 Å². The van der Waals surface area contributed by atoms with Gasteiger partial charge in [0.15, 0.2) is 0 Å². The SMILES string of the molecule is CCC(C)C1CN(CC)CCN1. The van der Waals surface area contributed by atoms with Crippen molar-refractivity contribution in [2.75, 3.05) is 26.2 Å². The molecule has 72 valence electrons. The summed E-state index contributed by atoms with van der Waals surface area (Å²) in [6.45, 7) is 11.7. The van der Waals surface area contributed by atoms with Crippen molar-refractivity contribution in [3.8, 4) is 0 Å². The summed E-state index contributed by atoms with van der Waals surface area (Å²) in [4.78, 5) is 2.54. The summed E-state index contributed by atoms with van der Waals surface area (Å²) in [5.74, 6) is 0.819. The van der Waals surface area contributed by atoms with E-state index in [-0.39, 0.29) is 0 Å². The second-order valence-corrected chi connectivity index (χ2v) is 3.84. The third-order valence-corrected chi connectivity index (χ3v) is 3.07. The monoisotopic (exact) mass is 170 g/mol. The molecule has 2 unspecified atom stereocenters. The summed E-state index contributed by atoms with van der Waals surface area (Å²) in [6, 6.07) is 0.726. The van der Waals surface area contributed by atoms with E-state index in [1.807, 2.05) is 0 Å². The second-order valence-electron chi connectivity index (χ2n) is 3.84. The minimum atomic E-state index is 0.726. The first-order valence-electron chi connectivity index (χ1n) is 5.23. The summed E-state index contributed by atoms with van der Waals surface area (Å²) < 4.78 is 0. The normalized spacial score (nSPS) is 28.8. The summed E-state index contributed by atoms with van der Waals surface area (Å²) in [7, 11) is 0. The third-order valence-electron chi connectivity index (χ3n) is 3.07. The van der Waals surface area contributed by atoms with Crippen LogP contribution in [-0.4, -0.2) is 37.1 Å². The Labute approximate surface area is 76.3 Å². The van der Waals surface area contributed by atoms with E-state index in [0.717, 1.165) is 12.0 Å². The van der Waals surface area contributed by atoms with Crippen LogP contribution in [0, 0.1) is 5.92 Å². The molecule has 1 saturated heterocycles. The Hall–Kier alpha value is -0.0800. The van der Waals surface area contributed by atoms with E-state index >= 15 is 0 Å². The zero-order valence-electron chi connectivity index (χ0n) is 8.64. The van der Waals surface area contributed by atoms with Crippen LogP contribution in [0.1, 0.15) is 27.2 Å². The van der Waals surface area contributed by atoms with Gasteiger partial charge in [0.1, 0.15) is 0 Å². The highest BCUT2D eigenvalue weighted by Crippen LogP contribution is 2.11. The predicted molar refractivity (Wildman–Crippen MR) is 53.4 cm³/mol. The van der Waals surface area contributed by atoms with Crippen LogP contribution >= 0.6 is 0 Å². The Morgan fingerprint density at radius 1 is 1.50 bits per heavy atom. The molecule has 0 amide bonds. The number of rotatable bonds is 3. The summed E-state index contributed by atoms with van der Waals surface area (Å²) in [6.07, 6.45) is 1.29. The Bertz CT molecular complexity index is 123. The fraction of sp³-hybridized carbons (Fsp3) is 1.00. The summed E-state index contributed by atoms with van der Waals surface area (Å²) >= 11 is 0. The molecule has 2 atom stereocenters. The van der Waals surface area contributed by atoms with Gasteiger partial charge in [0.2, 0.25) is 0 Å². The molecule has 1 aliphatic heterocycles. The lowest BCUT2D eigenvalue weighted by Gasteiger charge is -2.35. The van der Waals surface area contributed by atoms with Gasteiger partial charge in [-0.25, -0.2) is 0 Å². The molecule has 1 rings (SSSR count). The van der Waals surface area contributed by atoms with Gasteiger partial charge in [-0.1, -0.05) is 27.2 Å². The molecule has 1 N–H and O–H groups in total. The number of piperazine rings is 1. The lowest BCUT2D eigenvalue weighted by Crippen LogP contribution is -2.52. The fourth-order valence-corrected chi connectivity index (χ4v) is 1.79. The molecule has 1 aliphatic rings. The van der Waals surface area contributed by atoms with Crippen molar-refractivity contribution in [1.82, 2.24) is 10.2 Å². The highest BCUT2D eigenvalue weighted by atomic mass is 15.2. The Balaban J connectivity index is 2.34. The molecule has 0 aromatic heterocycles. The first-order valence-corrected chi connectivity index (χ1v) is 5.23. The molecule has 0 aromatic rings. The van der Waals surface area contributed by atoms with Crippen molar-refractivity contribution in [2.24, 2.45) is 5.92 Å². The first kappa shape index (κ1) is 10.0. The molecule has 12 heavy (non-hydrogen) atoms. The quantitative estimate of drug-likeness (QED) is 0.687. The molecular weight excluding hydrogens is 148 g/mol. The average Bonchev–Trinajstić information content (AvgIpc) is 2.17. The molecule has 0 spiro atoms. The van der Waals surface area contributed by atoms with Crippen molar-refractivity contribution in [2.45, 2.75) is 33.2 Å². The topological polar surface area (TPSA) is 15.3 Å². The van der Waals surface area contributed by atoms with E-state index in [1.54, 1.807) is 0 Å². The van der Waals surface area contributed by atoms with E-state index in [9.17, 15) is 0 Å². The van der Waals surface area contributed by atoms with Crippen molar-refractivity contribution in [3.05, 3.63) is 0 Å². The molecular formula is C10H22N2. The van der Waals surface area contributed by atoms with Gasteiger partial charge in [-0.2, -0.15) is 0 Å². The summed E-state index contributed by atoms with van der Waals surface area (Å²) in [5, 5.41) is 3.59. The van der Waals surface area contributed by atoms with Gasteiger partial charge in [-0.3, -0.25) is 0 Å². The van der Waals surface area contributed by atoms with Crippen molar-refractivity contribution in [3.63, 3.8) is 0 Å². The van der Waals surface area contributed by atoms with Crippen LogP contribution in [0.3, 0.4) is 0 Å². The lowest BCUT2D eigenvalue weighted by molar-refractivity contribution is 0.175. The molecule has 0 radical (unpaired) electrons. The van der Waals surface area contributed by atoms with E-state index in [4.69, 9.17) is 0 Å². The molecule has 0 bridgehead atoms. The zero-order chi connectivity index (χ0) is 8.97. The maximum Gasteiger partial charge on any atom is 0.0221 e. The van der Waals surface area contributed by atoms with Gasteiger partial charge in [0, 0.05) is 25.7 Å². The fourth-order valence-electron chi connectivity index (χ4n) is 1.79. The standard InChI is InChI=1S/C10H22N2/c1-4-9(3)10-8-12(5-2)7-6-11-10/h9-11H,4-8H2,1-3H3. The van der Waals surface area contributed by atoms with Crippen molar-refractivity contribution >= 4 is 0 Å². The van der Waals surface area contributed by atoms with Gasteiger partial charge < -0.3 is 10.2 Å². The molecule has 2 nitrogen and oxygen atoms in total. The number of hydrogen-bond acceptors (Lipinski definition) is 2. The molecule has 0 saturated carbocycles. The van der Waals surface area contributed by atoms with E-state index in [0.29, 0.717) is 0 Å². The van der Waals surface area contributed by atoms with E-state index in [1.165, 1.54) is 32.6 Å². The highest BCUT2D eigenvalue weighted by molar-refractivity contribution is 4.81. The van der Waals surface area contributed by atoms with Crippen LogP contribution in [0.2, 0.25) is 0 Å². The minimum Gasteiger partial charge on any atom is -0.311 e. The average molecular weight is 170 g/mol. The smallest absolute Gasteiger partial charge is 0.0221 e. The minimum absolute atomic E-state index is 0.726. The van der Waals surface area contributed by atoms with Gasteiger partial charge in [-0.05, 0) is 12.5 Å². The predicted octanol–water partition coefficient (Wildman–Crippen LogP) is 1.33. The first-order chi connectivity index (χ1) is 5.77. The summed E-state index contributed by atoms with van der Waals surface area (Å²) in [5.41, 5.74) is 0. The Kier molecular flexibility index (Phi) is 4.02. The second kappa shape index (κ2) is 4.83. The van der Waals surface area contributed by atoms with Gasteiger partial charge in [0.25, 0.3) is 0 Å². The van der Waals surface area contributed by atoms with Crippen molar-refractivity contribution < 1.29 is 0 Å². The number of hydrogen-bond donors (Lipinski definition) is 1.